The van der Waals surface area contributed by atoms with Gasteiger partial charge in [0.25, 0.3) is 0 Å². The molecular weight excluding hydrogens is 352 g/mol. The van der Waals surface area contributed by atoms with Gasteiger partial charge in [-0.05, 0) is 62.8 Å². The molecule has 3 aliphatic rings. The number of carbonyl (C=O) groups excluding carboxylic acids is 2. The van der Waals surface area contributed by atoms with E-state index in [9.17, 15) is 9.59 Å². The zero-order valence-electron chi connectivity index (χ0n) is 17.0. The SMILES string of the molecule is CN(CC(=O)N1CCC[C@]2(CCC(=O)N(CC3CC3)C2)C1)Cc1ccncc1. The van der Waals surface area contributed by atoms with Crippen LogP contribution in [-0.4, -0.2) is 71.3 Å². The van der Waals surface area contributed by atoms with Gasteiger partial charge in [-0.15, -0.1) is 0 Å². The van der Waals surface area contributed by atoms with E-state index in [-0.39, 0.29) is 11.3 Å². The molecule has 4 rings (SSSR count). The number of hydrogen-bond donors (Lipinski definition) is 0. The molecule has 6 nitrogen and oxygen atoms in total. The first kappa shape index (κ1) is 19.4. The van der Waals surface area contributed by atoms with Crippen molar-refractivity contribution in [3.63, 3.8) is 0 Å². The largest absolute Gasteiger partial charge is 0.342 e. The van der Waals surface area contributed by atoms with Crippen LogP contribution in [0.5, 0.6) is 0 Å². The minimum atomic E-state index is 0.111. The van der Waals surface area contributed by atoms with Gasteiger partial charge in [0.2, 0.25) is 11.8 Å². The predicted molar refractivity (Wildman–Crippen MR) is 107 cm³/mol. The molecule has 6 heteroatoms. The molecule has 3 heterocycles. The number of likely N-dealkylation sites (N-methyl/N-ethyl adjacent to an activating group) is 1. The van der Waals surface area contributed by atoms with Crippen molar-refractivity contribution in [3.8, 4) is 0 Å². The van der Waals surface area contributed by atoms with E-state index in [0.29, 0.717) is 18.9 Å². The molecule has 2 amide bonds. The maximum absolute atomic E-state index is 12.9. The zero-order chi connectivity index (χ0) is 19.6. The van der Waals surface area contributed by atoms with Crippen LogP contribution >= 0.6 is 0 Å². The monoisotopic (exact) mass is 384 g/mol. The summed E-state index contributed by atoms with van der Waals surface area (Å²) >= 11 is 0. The third-order valence-corrected chi connectivity index (χ3v) is 6.54. The number of pyridine rings is 1. The third kappa shape index (κ3) is 4.72. The Morgan fingerprint density at radius 2 is 2.04 bits per heavy atom. The maximum atomic E-state index is 12.9. The lowest BCUT2D eigenvalue weighted by Gasteiger charge is -2.48. The van der Waals surface area contributed by atoms with E-state index >= 15 is 0 Å². The Labute approximate surface area is 167 Å². The Bertz CT molecular complexity index is 706. The van der Waals surface area contributed by atoms with Crippen molar-refractivity contribution in [2.24, 2.45) is 11.3 Å². The fraction of sp³-hybridized carbons (Fsp3) is 0.682. The zero-order valence-corrected chi connectivity index (χ0v) is 17.0. The minimum absolute atomic E-state index is 0.111. The van der Waals surface area contributed by atoms with Gasteiger partial charge in [0.1, 0.15) is 0 Å². The molecule has 1 aliphatic carbocycles. The maximum Gasteiger partial charge on any atom is 0.236 e. The van der Waals surface area contributed by atoms with E-state index < -0.39 is 0 Å². The second kappa shape index (κ2) is 8.19. The summed E-state index contributed by atoms with van der Waals surface area (Å²) in [4.78, 5) is 35.6. The quantitative estimate of drug-likeness (QED) is 0.754. The van der Waals surface area contributed by atoms with Gasteiger partial charge in [-0.2, -0.15) is 0 Å². The predicted octanol–water partition coefficient (Wildman–Crippen LogP) is 2.15. The Balaban J connectivity index is 1.33. The highest BCUT2D eigenvalue weighted by atomic mass is 16.2. The number of rotatable bonds is 6. The van der Waals surface area contributed by atoms with Crippen molar-refractivity contribution >= 4 is 11.8 Å². The second-order valence-corrected chi connectivity index (χ2v) is 9.16. The van der Waals surface area contributed by atoms with Gasteiger partial charge < -0.3 is 9.80 Å². The van der Waals surface area contributed by atoms with Crippen molar-refractivity contribution in [1.29, 1.82) is 0 Å². The number of hydrogen-bond acceptors (Lipinski definition) is 4. The van der Waals surface area contributed by atoms with Crippen LogP contribution in [0.15, 0.2) is 24.5 Å². The molecule has 0 bridgehead atoms. The fourth-order valence-corrected chi connectivity index (χ4v) is 4.82. The molecule has 2 saturated heterocycles. The number of aromatic nitrogens is 1. The Morgan fingerprint density at radius 3 is 2.79 bits per heavy atom. The molecule has 28 heavy (non-hydrogen) atoms. The van der Waals surface area contributed by atoms with Crippen LogP contribution in [0.1, 0.15) is 44.1 Å². The highest BCUT2D eigenvalue weighted by Crippen LogP contribution is 2.40. The molecular formula is C22H32N4O2. The second-order valence-electron chi connectivity index (χ2n) is 9.16. The Hall–Kier alpha value is -1.95. The standard InChI is InChI=1S/C22H32N4O2/c1-24(13-19-6-10-23-11-7-19)15-21(28)25-12-2-8-22(16-25)9-5-20(27)26(17-22)14-18-3-4-18/h6-7,10-11,18H,2-5,8-9,12-17H2,1H3/t22-/m0/s1. The summed E-state index contributed by atoms with van der Waals surface area (Å²) in [5.41, 5.74) is 1.28. The first-order valence-electron chi connectivity index (χ1n) is 10.7. The van der Waals surface area contributed by atoms with Gasteiger partial charge in [0, 0.05) is 57.0 Å². The lowest BCUT2D eigenvalue weighted by atomic mass is 9.73. The van der Waals surface area contributed by atoms with Crippen LogP contribution in [-0.2, 0) is 16.1 Å². The van der Waals surface area contributed by atoms with Crippen LogP contribution in [0.25, 0.3) is 0 Å². The van der Waals surface area contributed by atoms with E-state index in [1.807, 2.05) is 19.2 Å². The number of piperidine rings is 2. The molecule has 0 unspecified atom stereocenters. The summed E-state index contributed by atoms with van der Waals surface area (Å²) in [6, 6.07) is 3.98. The van der Waals surface area contributed by atoms with Crippen LogP contribution in [0.2, 0.25) is 0 Å². The topological polar surface area (TPSA) is 56.8 Å². The fourth-order valence-electron chi connectivity index (χ4n) is 4.82. The molecule has 0 radical (unpaired) electrons. The van der Waals surface area contributed by atoms with Crippen LogP contribution in [0.3, 0.4) is 0 Å². The summed E-state index contributed by atoms with van der Waals surface area (Å²) in [6.45, 7) is 4.62. The average molecular weight is 385 g/mol. The van der Waals surface area contributed by atoms with Gasteiger partial charge in [0.15, 0.2) is 0 Å². The van der Waals surface area contributed by atoms with Crippen molar-refractivity contribution in [2.45, 2.75) is 45.1 Å². The highest BCUT2D eigenvalue weighted by Gasteiger charge is 2.43. The minimum Gasteiger partial charge on any atom is -0.342 e. The summed E-state index contributed by atoms with van der Waals surface area (Å²) in [6.07, 6.45) is 9.88. The Kier molecular flexibility index (Phi) is 5.67. The molecule has 2 aliphatic heterocycles. The summed E-state index contributed by atoms with van der Waals surface area (Å²) in [7, 11) is 1.99. The van der Waals surface area contributed by atoms with Crippen LogP contribution < -0.4 is 0 Å². The molecule has 0 aromatic carbocycles. The molecule has 152 valence electrons. The van der Waals surface area contributed by atoms with E-state index in [1.54, 1.807) is 12.4 Å². The van der Waals surface area contributed by atoms with Gasteiger partial charge in [-0.1, -0.05) is 0 Å². The van der Waals surface area contributed by atoms with E-state index in [4.69, 9.17) is 0 Å². The summed E-state index contributed by atoms with van der Waals surface area (Å²) < 4.78 is 0. The molecule has 1 atom stereocenters. The molecule has 1 aromatic heterocycles. The first-order chi connectivity index (χ1) is 13.5. The van der Waals surface area contributed by atoms with Gasteiger partial charge in [-0.3, -0.25) is 19.5 Å². The number of amides is 2. The first-order valence-corrected chi connectivity index (χ1v) is 10.7. The average Bonchev–Trinajstić information content (AvgIpc) is 3.50. The van der Waals surface area contributed by atoms with Crippen molar-refractivity contribution < 1.29 is 9.59 Å². The number of carbonyl (C=O) groups is 2. The van der Waals surface area contributed by atoms with Gasteiger partial charge >= 0.3 is 0 Å². The molecule has 1 spiro atoms. The molecule has 1 saturated carbocycles. The molecule has 1 aromatic rings. The van der Waals surface area contributed by atoms with E-state index in [0.717, 1.165) is 57.9 Å². The number of likely N-dealkylation sites (tertiary alicyclic amines) is 2. The van der Waals surface area contributed by atoms with Crippen molar-refractivity contribution in [3.05, 3.63) is 30.1 Å². The lowest BCUT2D eigenvalue weighted by Crippen LogP contribution is -2.56. The normalized spacial score (nSPS) is 25.6. The molecule has 0 N–H and O–H groups in total. The van der Waals surface area contributed by atoms with Crippen LogP contribution in [0, 0.1) is 11.3 Å². The van der Waals surface area contributed by atoms with E-state index in [1.165, 1.54) is 18.4 Å². The third-order valence-electron chi connectivity index (χ3n) is 6.54. The van der Waals surface area contributed by atoms with Crippen LogP contribution in [0.4, 0.5) is 0 Å². The summed E-state index contributed by atoms with van der Waals surface area (Å²) in [5, 5.41) is 0. The van der Waals surface area contributed by atoms with Gasteiger partial charge in [0.05, 0.1) is 6.54 Å². The highest BCUT2D eigenvalue weighted by molar-refractivity contribution is 5.79. The molecule has 3 fully saturated rings. The van der Waals surface area contributed by atoms with Crippen molar-refractivity contribution in [2.75, 3.05) is 39.8 Å². The number of nitrogens with zero attached hydrogens (tertiary/aromatic N) is 4. The van der Waals surface area contributed by atoms with E-state index in [2.05, 4.69) is 19.7 Å². The van der Waals surface area contributed by atoms with Gasteiger partial charge in [-0.25, -0.2) is 0 Å². The lowest BCUT2D eigenvalue weighted by molar-refractivity contribution is -0.143. The summed E-state index contributed by atoms with van der Waals surface area (Å²) in [5.74, 6) is 1.25. The Morgan fingerprint density at radius 1 is 1.25 bits per heavy atom. The van der Waals surface area contributed by atoms with Crippen molar-refractivity contribution in [1.82, 2.24) is 19.7 Å². The smallest absolute Gasteiger partial charge is 0.236 e.